The average Bonchev–Trinajstić information content (AvgIpc) is 3.74. The highest BCUT2D eigenvalue weighted by atomic mass is 16.6. The SMILES string of the molecule is COc1ccc(C(O[C@@H]2C[C@@H](CN=[N+]=[N-])O[C@H]2n2nnc3c(=O)[nH]c(NC(=O)C(C)C)nc32)(c2ccccc2)c2ccc(OC)cc2)cc1. The summed E-state index contributed by atoms with van der Waals surface area (Å²) in [6, 6.07) is 24.9. The predicted molar refractivity (Wildman–Crippen MR) is 179 cm³/mol. The van der Waals surface area contributed by atoms with Gasteiger partial charge >= 0.3 is 0 Å². The summed E-state index contributed by atoms with van der Waals surface area (Å²) < 4.78 is 26.1. The Morgan fingerprint density at radius 1 is 1.04 bits per heavy atom. The molecule has 2 N–H and O–H groups in total. The fourth-order valence-corrected chi connectivity index (χ4v) is 5.87. The number of H-pyrrole nitrogens is 1. The number of benzene rings is 3. The van der Waals surface area contributed by atoms with Crippen LogP contribution in [0.25, 0.3) is 21.6 Å². The second-order valence-electron chi connectivity index (χ2n) is 11.7. The van der Waals surface area contributed by atoms with Crippen molar-refractivity contribution in [1.82, 2.24) is 25.0 Å². The van der Waals surface area contributed by atoms with Crippen LogP contribution in [0.1, 0.15) is 43.2 Å². The number of rotatable bonds is 12. The van der Waals surface area contributed by atoms with Crippen LogP contribution >= 0.6 is 0 Å². The van der Waals surface area contributed by atoms with Crippen molar-refractivity contribution in [2.75, 3.05) is 26.1 Å². The van der Waals surface area contributed by atoms with Gasteiger partial charge in [-0.15, -0.1) is 5.10 Å². The van der Waals surface area contributed by atoms with E-state index in [0.717, 1.165) is 16.7 Å². The van der Waals surface area contributed by atoms with Crippen molar-refractivity contribution < 1.29 is 23.7 Å². The van der Waals surface area contributed by atoms with Gasteiger partial charge in [0.15, 0.2) is 17.4 Å². The van der Waals surface area contributed by atoms with Crippen molar-refractivity contribution in [1.29, 1.82) is 0 Å². The zero-order chi connectivity index (χ0) is 34.5. The highest BCUT2D eigenvalue weighted by Crippen LogP contribution is 2.46. The quantitative estimate of drug-likeness (QED) is 0.0790. The molecule has 0 aliphatic carbocycles. The van der Waals surface area contributed by atoms with Gasteiger partial charge in [0.25, 0.3) is 5.56 Å². The first-order chi connectivity index (χ1) is 23.8. The van der Waals surface area contributed by atoms with Crippen molar-refractivity contribution >= 4 is 23.0 Å². The first-order valence-corrected chi connectivity index (χ1v) is 15.6. The van der Waals surface area contributed by atoms with Gasteiger partial charge in [-0.1, -0.05) is 78.8 Å². The van der Waals surface area contributed by atoms with Gasteiger partial charge in [0.2, 0.25) is 11.9 Å². The number of hydrogen-bond donors (Lipinski definition) is 2. The number of carbonyl (C=O) groups excluding carboxylic acids is 1. The van der Waals surface area contributed by atoms with Gasteiger partial charge in [-0.05, 0) is 46.5 Å². The van der Waals surface area contributed by atoms with Gasteiger partial charge in [0.05, 0.1) is 26.9 Å². The van der Waals surface area contributed by atoms with Gasteiger partial charge in [0, 0.05) is 17.3 Å². The van der Waals surface area contributed by atoms with Gasteiger partial charge in [-0.3, -0.25) is 19.9 Å². The number of nitrogens with zero attached hydrogens (tertiary/aromatic N) is 7. The Balaban J connectivity index is 1.53. The van der Waals surface area contributed by atoms with E-state index in [4.69, 9.17) is 24.5 Å². The van der Waals surface area contributed by atoms with E-state index in [2.05, 4.69) is 35.6 Å². The maximum atomic E-state index is 13.0. The van der Waals surface area contributed by atoms with Crippen molar-refractivity contribution in [3.8, 4) is 11.5 Å². The first kappa shape index (κ1) is 33.2. The Kier molecular flexibility index (Phi) is 9.58. The minimum atomic E-state index is -1.23. The lowest BCUT2D eigenvalue weighted by Gasteiger charge is -2.39. The highest BCUT2D eigenvalue weighted by molar-refractivity contribution is 5.91. The molecule has 1 amide bonds. The molecule has 0 radical (unpaired) electrons. The number of ether oxygens (including phenoxy) is 4. The maximum Gasteiger partial charge on any atom is 0.282 e. The number of aromatic amines is 1. The van der Waals surface area contributed by atoms with Crippen LogP contribution in [0.2, 0.25) is 0 Å². The third kappa shape index (κ3) is 6.54. The zero-order valence-electron chi connectivity index (χ0n) is 27.3. The smallest absolute Gasteiger partial charge is 0.282 e. The number of methoxy groups -OCH3 is 2. The van der Waals surface area contributed by atoms with Gasteiger partial charge < -0.3 is 18.9 Å². The Morgan fingerprint density at radius 2 is 1.65 bits per heavy atom. The van der Waals surface area contributed by atoms with Crippen LogP contribution < -0.4 is 20.3 Å². The van der Waals surface area contributed by atoms with Crippen molar-refractivity contribution in [2.45, 2.75) is 44.3 Å². The lowest BCUT2D eigenvalue weighted by Crippen LogP contribution is -2.39. The molecular weight excluding hydrogens is 630 g/mol. The molecule has 0 spiro atoms. The number of carbonyl (C=O) groups is 1. The molecule has 1 saturated heterocycles. The monoisotopic (exact) mass is 665 g/mol. The first-order valence-electron chi connectivity index (χ1n) is 15.6. The molecule has 1 aliphatic rings. The minimum Gasteiger partial charge on any atom is -0.497 e. The van der Waals surface area contributed by atoms with Crippen LogP contribution in [0, 0.1) is 5.92 Å². The lowest BCUT2D eigenvalue weighted by atomic mass is 9.79. The number of fused-ring (bicyclic) bond motifs is 1. The molecule has 49 heavy (non-hydrogen) atoms. The molecule has 5 aromatic rings. The van der Waals surface area contributed by atoms with E-state index in [0.29, 0.717) is 11.5 Å². The molecule has 1 aliphatic heterocycles. The number of azide groups is 1. The Morgan fingerprint density at radius 3 is 2.22 bits per heavy atom. The Hall–Kier alpha value is -5.76. The summed E-state index contributed by atoms with van der Waals surface area (Å²) in [5.74, 6) is 0.589. The van der Waals surface area contributed by atoms with E-state index < -0.39 is 29.6 Å². The fraction of sp³-hybridized carbons (Fsp3) is 0.324. The number of amides is 1. The summed E-state index contributed by atoms with van der Waals surface area (Å²) in [5.41, 5.74) is 9.72. The van der Waals surface area contributed by atoms with Crippen LogP contribution in [0.15, 0.2) is 88.8 Å². The normalized spacial score (nSPS) is 17.5. The summed E-state index contributed by atoms with van der Waals surface area (Å²) in [6.07, 6.45) is -2.03. The molecule has 252 valence electrons. The van der Waals surface area contributed by atoms with Crippen LogP contribution in [-0.2, 0) is 19.9 Å². The number of hydrogen-bond acceptors (Lipinski definition) is 10. The van der Waals surface area contributed by atoms with Gasteiger partial charge in [0.1, 0.15) is 23.2 Å². The van der Waals surface area contributed by atoms with E-state index in [1.807, 2.05) is 78.9 Å². The third-order valence-corrected chi connectivity index (χ3v) is 8.34. The Bertz CT molecular complexity index is 1980. The summed E-state index contributed by atoms with van der Waals surface area (Å²) in [4.78, 5) is 35.5. The second-order valence-corrected chi connectivity index (χ2v) is 11.7. The number of nitrogens with one attached hydrogen (secondary N) is 2. The molecule has 3 atom stereocenters. The van der Waals surface area contributed by atoms with Crippen LogP contribution in [0.5, 0.6) is 11.5 Å². The van der Waals surface area contributed by atoms with E-state index in [-0.39, 0.29) is 41.9 Å². The lowest BCUT2D eigenvalue weighted by molar-refractivity contribution is -0.118. The molecular formula is C34H35N9O6. The zero-order valence-corrected chi connectivity index (χ0v) is 27.3. The van der Waals surface area contributed by atoms with E-state index in [9.17, 15) is 9.59 Å². The van der Waals surface area contributed by atoms with E-state index >= 15 is 0 Å². The van der Waals surface area contributed by atoms with Crippen LogP contribution in [0.4, 0.5) is 5.95 Å². The molecule has 3 heterocycles. The summed E-state index contributed by atoms with van der Waals surface area (Å²) in [6.45, 7) is 3.47. The molecule has 1 fully saturated rings. The van der Waals surface area contributed by atoms with Gasteiger partial charge in [-0.2, -0.15) is 9.67 Å². The summed E-state index contributed by atoms with van der Waals surface area (Å²) >= 11 is 0. The second kappa shape index (κ2) is 14.2. The fourth-order valence-electron chi connectivity index (χ4n) is 5.87. The molecule has 15 heteroatoms. The Labute approximate surface area is 280 Å². The molecule has 0 unspecified atom stereocenters. The predicted octanol–water partition coefficient (Wildman–Crippen LogP) is 5.10. The maximum absolute atomic E-state index is 13.0. The largest absolute Gasteiger partial charge is 0.497 e. The van der Waals surface area contributed by atoms with Crippen molar-refractivity contribution in [2.24, 2.45) is 11.0 Å². The molecule has 0 bridgehead atoms. The van der Waals surface area contributed by atoms with Crippen molar-refractivity contribution in [3.05, 3.63) is 116 Å². The van der Waals surface area contributed by atoms with Crippen LogP contribution in [0.3, 0.4) is 0 Å². The summed E-state index contributed by atoms with van der Waals surface area (Å²) in [5, 5.41) is 14.8. The van der Waals surface area contributed by atoms with Crippen LogP contribution in [-0.4, -0.2) is 63.8 Å². The minimum absolute atomic E-state index is 0.0204. The topological polar surface area (TPSA) is 191 Å². The third-order valence-electron chi connectivity index (χ3n) is 8.34. The number of aromatic nitrogens is 5. The molecule has 3 aromatic carbocycles. The highest BCUT2D eigenvalue weighted by Gasteiger charge is 2.47. The molecule has 15 nitrogen and oxygen atoms in total. The summed E-state index contributed by atoms with van der Waals surface area (Å²) in [7, 11) is 3.20. The molecule has 2 aromatic heterocycles. The van der Waals surface area contributed by atoms with E-state index in [1.165, 1.54) is 4.68 Å². The standard InChI is InChI=1S/C34H35N9O6/c1-20(2)30(44)38-33-37-29-28(31(45)39-33)40-42-43(29)32-27(18-26(48-32)19-36-41-35)49-34(21-8-6-5-7-9-21,22-10-14-24(46-3)15-11-22)23-12-16-25(47-4)17-13-23/h5-17,20,26-27,32H,18-19H2,1-4H3,(H2,37,38,39,44,45)/t26-,27+,32+/m0/s1. The molecule has 0 saturated carbocycles. The average molecular weight is 666 g/mol. The van der Waals surface area contributed by atoms with Gasteiger partial charge in [-0.25, -0.2) is 0 Å². The van der Waals surface area contributed by atoms with E-state index in [1.54, 1.807) is 28.1 Å². The number of anilines is 1. The van der Waals surface area contributed by atoms with Crippen molar-refractivity contribution in [3.63, 3.8) is 0 Å². The molecule has 6 rings (SSSR count).